The van der Waals surface area contributed by atoms with Gasteiger partial charge in [0.15, 0.2) is 0 Å². The predicted octanol–water partition coefficient (Wildman–Crippen LogP) is 1.89. The van der Waals surface area contributed by atoms with Gasteiger partial charge in [0.1, 0.15) is 0 Å². The fourth-order valence-corrected chi connectivity index (χ4v) is 2.63. The predicted molar refractivity (Wildman–Crippen MR) is 43.5 cm³/mol. The summed E-state index contributed by atoms with van der Waals surface area (Å²) in [5, 5.41) is 0. The summed E-state index contributed by atoms with van der Waals surface area (Å²) in [7, 11) is -3.77. The van der Waals surface area contributed by atoms with Crippen LogP contribution < -0.4 is 0 Å². The maximum Gasteiger partial charge on any atom is 0.328 e. The van der Waals surface area contributed by atoms with Gasteiger partial charge in [-0.2, -0.15) is 0 Å². The zero-order chi connectivity index (χ0) is 8.32. The fraction of sp³-hybridized carbons (Fsp3) is 1.00. The van der Waals surface area contributed by atoms with Crippen LogP contribution in [-0.4, -0.2) is 15.4 Å². The van der Waals surface area contributed by atoms with Crippen molar-refractivity contribution in [1.29, 1.82) is 0 Å². The first kappa shape index (κ1) is 9.24. The van der Waals surface area contributed by atoms with E-state index in [-0.39, 0.29) is 5.66 Å². The average molecular weight is 178 g/mol. The Bertz CT molecular complexity index is 155. The summed E-state index contributed by atoms with van der Waals surface area (Å²) in [6, 6.07) is 0. The first-order valence-electron chi connectivity index (χ1n) is 4.16. The summed E-state index contributed by atoms with van der Waals surface area (Å²) in [4.78, 5) is 17.8. The summed E-state index contributed by atoms with van der Waals surface area (Å²) in [6.07, 6.45) is 5.66. The Hall–Kier alpha value is 0.150. The van der Waals surface area contributed by atoms with Gasteiger partial charge in [0.05, 0.1) is 5.66 Å². The Labute approximate surface area is 67.0 Å². The van der Waals surface area contributed by atoms with Crippen LogP contribution in [0, 0.1) is 0 Å². The summed E-state index contributed by atoms with van der Waals surface area (Å²) >= 11 is 0. The number of rotatable bonds is 1. The van der Waals surface area contributed by atoms with E-state index in [4.69, 9.17) is 9.79 Å². The molecule has 1 saturated carbocycles. The van der Waals surface area contributed by atoms with E-state index in [9.17, 15) is 4.57 Å². The van der Waals surface area contributed by atoms with Gasteiger partial charge in [-0.15, -0.1) is 0 Å². The van der Waals surface area contributed by atoms with Crippen LogP contribution in [0.25, 0.3) is 0 Å². The lowest BCUT2D eigenvalue weighted by Crippen LogP contribution is -2.06. The van der Waals surface area contributed by atoms with Crippen LogP contribution in [0.5, 0.6) is 0 Å². The van der Waals surface area contributed by atoms with Crippen LogP contribution in [0.3, 0.4) is 0 Å². The van der Waals surface area contributed by atoms with Crippen LogP contribution in [0.4, 0.5) is 0 Å². The Kier molecular flexibility index (Phi) is 3.11. The van der Waals surface area contributed by atoms with Gasteiger partial charge in [0.2, 0.25) is 0 Å². The van der Waals surface area contributed by atoms with Gasteiger partial charge >= 0.3 is 7.60 Å². The highest BCUT2D eigenvalue weighted by molar-refractivity contribution is 7.52. The van der Waals surface area contributed by atoms with Crippen molar-refractivity contribution in [2.45, 2.75) is 44.2 Å². The molecule has 0 aromatic rings. The molecule has 4 heteroatoms. The Morgan fingerprint density at radius 1 is 1.00 bits per heavy atom. The minimum absolute atomic E-state index is 0.343. The van der Waals surface area contributed by atoms with Crippen LogP contribution in [0.15, 0.2) is 0 Å². The molecule has 0 saturated heterocycles. The largest absolute Gasteiger partial charge is 0.328 e. The van der Waals surface area contributed by atoms with Crippen LogP contribution in [0.1, 0.15) is 38.5 Å². The lowest BCUT2D eigenvalue weighted by molar-refractivity contribution is 0.351. The van der Waals surface area contributed by atoms with Crippen molar-refractivity contribution >= 4 is 7.60 Å². The van der Waals surface area contributed by atoms with Crippen molar-refractivity contribution in [2.75, 3.05) is 0 Å². The molecule has 0 atom stereocenters. The lowest BCUT2D eigenvalue weighted by Gasteiger charge is -2.14. The van der Waals surface area contributed by atoms with E-state index in [1.807, 2.05) is 0 Å². The molecule has 1 fully saturated rings. The van der Waals surface area contributed by atoms with Crippen molar-refractivity contribution < 1.29 is 14.4 Å². The minimum atomic E-state index is -3.77. The first-order valence-corrected chi connectivity index (χ1v) is 5.84. The standard InChI is InChI=1S/C7H15O3P/c8-11(9,10)7-5-3-1-2-4-6-7/h7H,1-6H2,(H2,8,9,10). The molecule has 0 amide bonds. The van der Waals surface area contributed by atoms with E-state index in [0.717, 1.165) is 25.7 Å². The molecule has 0 aliphatic heterocycles. The third-order valence-electron chi connectivity index (χ3n) is 2.30. The van der Waals surface area contributed by atoms with Gasteiger partial charge in [-0.05, 0) is 12.8 Å². The van der Waals surface area contributed by atoms with Crippen LogP contribution in [-0.2, 0) is 4.57 Å². The van der Waals surface area contributed by atoms with Gasteiger partial charge < -0.3 is 9.79 Å². The van der Waals surface area contributed by atoms with Crippen molar-refractivity contribution in [3.8, 4) is 0 Å². The van der Waals surface area contributed by atoms with Gasteiger partial charge in [-0.25, -0.2) is 0 Å². The highest BCUT2D eigenvalue weighted by Gasteiger charge is 2.28. The Balaban J connectivity index is 2.49. The SMILES string of the molecule is O=P(O)(O)C1CCCCCC1. The molecule has 1 aliphatic carbocycles. The molecule has 3 nitrogen and oxygen atoms in total. The Morgan fingerprint density at radius 2 is 1.45 bits per heavy atom. The van der Waals surface area contributed by atoms with Crippen molar-refractivity contribution in [3.63, 3.8) is 0 Å². The zero-order valence-corrected chi connectivity index (χ0v) is 7.46. The summed E-state index contributed by atoms with van der Waals surface area (Å²) in [6.45, 7) is 0. The molecule has 0 aromatic carbocycles. The molecule has 1 rings (SSSR count). The van der Waals surface area contributed by atoms with Crippen molar-refractivity contribution in [2.24, 2.45) is 0 Å². The number of hydrogen-bond acceptors (Lipinski definition) is 1. The monoisotopic (exact) mass is 178 g/mol. The summed E-state index contributed by atoms with van der Waals surface area (Å²) < 4.78 is 10.8. The topological polar surface area (TPSA) is 57.5 Å². The second-order valence-electron chi connectivity index (χ2n) is 3.23. The fourth-order valence-electron chi connectivity index (χ4n) is 1.59. The quantitative estimate of drug-likeness (QED) is 0.476. The third kappa shape index (κ3) is 2.94. The molecule has 0 heterocycles. The maximum atomic E-state index is 10.8. The first-order chi connectivity index (χ1) is 5.11. The van der Waals surface area contributed by atoms with E-state index >= 15 is 0 Å². The van der Waals surface area contributed by atoms with Crippen molar-refractivity contribution in [1.82, 2.24) is 0 Å². The molecule has 66 valence electrons. The van der Waals surface area contributed by atoms with E-state index in [0.29, 0.717) is 12.8 Å². The smallest absolute Gasteiger partial charge is 0.324 e. The van der Waals surface area contributed by atoms with Gasteiger partial charge in [0, 0.05) is 0 Å². The average Bonchev–Trinajstić information content (AvgIpc) is 2.10. The molecule has 2 N–H and O–H groups in total. The molecule has 0 bridgehead atoms. The molecular formula is C7H15O3P. The van der Waals surface area contributed by atoms with Crippen LogP contribution >= 0.6 is 7.60 Å². The Morgan fingerprint density at radius 3 is 1.82 bits per heavy atom. The van der Waals surface area contributed by atoms with E-state index in [1.165, 1.54) is 0 Å². The normalized spacial score (nSPS) is 23.1. The van der Waals surface area contributed by atoms with Crippen molar-refractivity contribution in [3.05, 3.63) is 0 Å². The maximum absolute atomic E-state index is 10.8. The zero-order valence-electron chi connectivity index (χ0n) is 6.57. The van der Waals surface area contributed by atoms with Gasteiger partial charge in [-0.1, -0.05) is 25.7 Å². The minimum Gasteiger partial charge on any atom is -0.324 e. The molecule has 0 spiro atoms. The van der Waals surface area contributed by atoms with E-state index in [1.54, 1.807) is 0 Å². The second-order valence-corrected chi connectivity index (χ2v) is 5.14. The molecule has 0 aromatic heterocycles. The highest BCUT2D eigenvalue weighted by atomic mass is 31.2. The highest BCUT2D eigenvalue weighted by Crippen LogP contribution is 2.47. The van der Waals surface area contributed by atoms with Gasteiger partial charge in [-0.3, -0.25) is 4.57 Å². The molecular weight excluding hydrogens is 163 g/mol. The van der Waals surface area contributed by atoms with Gasteiger partial charge in [0.25, 0.3) is 0 Å². The molecule has 0 radical (unpaired) electrons. The number of hydrogen-bond donors (Lipinski definition) is 2. The summed E-state index contributed by atoms with van der Waals surface area (Å²) in [5.74, 6) is 0. The van der Waals surface area contributed by atoms with E-state index < -0.39 is 7.60 Å². The van der Waals surface area contributed by atoms with E-state index in [2.05, 4.69) is 0 Å². The molecule has 0 unspecified atom stereocenters. The van der Waals surface area contributed by atoms with Crippen LogP contribution in [0.2, 0.25) is 0 Å². The molecule has 11 heavy (non-hydrogen) atoms. The molecule has 1 aliphatic rings. The third-order valence-corrected chi connectivity index (χ3v) is 3.77. The second kappa shape index (κ2) is 3.70. The lowest BCUT2D eigenvalue weighted by atomic mass is 10.2. The summed E-state index contributed by atoms with van der Waals surface area (Å²) in [5.41, 5.74) is -0.343.